The Bertz CT molecular complexity index is 704. The summed E-state index contributed by atoms with van der Waals surface area (Å²) in [5, 5.41) is 8.01. The van der Waals surface area contributed by atoms with E-state index in [4.69, 9.17) is 9.15 Å². The molecule has 2 aliphatic rings. The van der Waals surface area contributed by atoms with Crippen LogP contribution in [0, 0.1) is 12.7 Å². The van der Waals surface area contributed by atoms with Crippen LogP contribution in [0.2, 0.25) is 0 Å². The molecule has 0 aromatic carbocycles. The molecule has 8 nitrogen and oxygen atoms in total. The lowest BCUT2D eigenvalue weighted by Gasteiger charge is -2.47. The van der Waals surface area contributed by atoms with Gasteiger partial charge < -0.3 is 19.0 Å². The van der Waals surface area contributed by atoms with Crippen LogP contribution in [0.4, 0.5) is 16.4 Å². The van der Waals surface area contributed by atoms with Crippen molar-refractivity contribution in [2.24, 2.45) is 0 Å². The largest absolute Gasteiger partial charge is 0.408 e. The summed E-state index contributed by atoms with van der Waals surface area (Å²) in [7, 11) is 0. The van der Waals surface area contributed by atoms with Gasteiger partial charge in [-0.2, -0.15) is 0 Å². The molecule has 0 amide bonds. The van der Waals surface area contributed by atoms with Crippen molar-refractivity contribution in [2.45, 2.75) is 25.4 Å². The van der Waals surface area contributed by atoms with Crippen LogP contribution < -0.4 is 9.80 Å². The second-order valence-electron chi connectivity index (χ2n) is 6.28. The average Bonchev–Trinajstić information content (AvgIpc) is 3.02. The molecule has 0 N–H and O–H groups in total. The van der Waals surface area contributed by atoms with Gasteiger partial charge in [-0.3, -0.25) is 0 Å². The first-order valence-electron chi connectivity index (χ1n) is 8.05. The number of aromatic nitrogens is 4. The normalized spacial score (nSPS) is 24.6. The first kappa shape index (κ1) is 15.3. The maximum absolute atomic E-state index is 13.0. The highest BCUT2D eigenvalue weighted by molar-refractivity contribution is 5.33. The van der Waals surface area contributed by atoms with Crippen molar-refractivity contribution in [2.75, 3.05) is 42.6 Å². The molecule has 4 rings (SSSR count). The quantitative estimate of drug-likeness (QED) is 0.810. The number of morpholine rings is 1. The van der Waals surface area contributed by atoms with E-state index in [1.807, 2.05) is 4.90 Å². The smallest absolute Gasteiger partial charge is 0.318 e. The standard InChI is InChI=1S/C15H19FN6O2/c1-11-19-20-14(24-11)22-4-2-3-15(10-22)9-21(5-6-23-15)13-17-7-12(16)8-18-13/h7-8H,2-6,9-10H2,1H3. The van der Waals surface area contributed by atoms with Crippen molar-refractivity contribution in [3.63, 3.8) is 0 Å². The fourth-order valence-electron chi connectivity index (χ4n) is 3.41. The highest BCUT2D eigenvalue weighted by Crippen LogP contribution is 2.32. The zero-order chi connectivity index (χ0) is 16.6. The summed E-state index contributed by atoms with van der Waals surface area (Å²) >= 11 is 0. The molecular formula is C15H19FN6O2. The summed E-state index contributed by atoms with van der Waals surface area (Å²) in [5.41, 5.74) is -0.337. The highest BCUT2D eigenvalue weighted by Gasteiger charge is 2.42. The Labute approximate surface area is 138 Å². The molecule has 0 aliphatic carbocycles. The number of nitrogens with zero attached hydrogens (tertiary/aromatic N) is 6. The van der Waals surface area contributed by atoms with E-state index >= 15 is 0 Å². The zero-order valence-corrected chi connectivity index (χ0v) is 13.5. The number of hydrogen-bond donors (Lipinski definition) is 0. The Morgan fingerprint density at radius 1 is 1.12 bits per heavy atom. The van der Waals surface area contributed by atoms with Crippen molar-refractivity contribution in [3.05, 3.63) is 24.1 Å². The average molecular weight is 334 g/mol. The van der Waals surface area contributed by atoms with Gasteiger partial charge in [0.05, 0.1) is 32.1 Å². The summed E-state index contributed by atoms with van der Waals surface area (Å²) in [6.07, 6.45) is 4.30. The van der Waals surface area contributed by atoms with Crippen molar-refractivity contribution in [1.29, 1.82) is 0 Å². The fraction of sp³-hybridized carbons (Fsp3) is 0.600. The SMILES string of the molecule is Cc1nnc(N2CCCC3(CN(c4ncc(F)cn4)CCO3)C2)o1. The molecule has 2 aromatic heterocycles. The van der Waals surface area contributed by atoms with Gasteiger partial charge in [0.25, 0.3) is 0 Å². The van der Waals surface area contributed by atoms with E-state index in [-0.39, 0.29) is 5.60 Å². The molecule has 0 saturated carbocycles. The number of halogens is 1. The van der Waals surface area contributed by atoms with Gasteiger partial charge >= 0.3 is 6.01 Å². The minimum Gasteiger partial charge on any atom is -0.408 e. The van der Waals surface area contributed by atoms with E-state index in [9.17, 15) is 4.39 Å². The second-order valence-corrected chi connectivity index (χ2v) is 6.28. The summed E-state index contributed by atoms with van der Waals surface area (Å²) in [6, 6.07) is 0.533. The molecule has 2 aliphatic heterocycles. The molecule has 24 heavy (non-hydrogen) atoms. The lowest BCUT2D eigenvalue weighted by atomic mass is 9.91. The van der Waals surface area contributed by atoms with Crippen molar-refractivity contribution in [1.82, 2.24) is 20.2 Å². The van der Waals surface area contributed by atoms with E-state index in [2.05, 4.69) is 25.1 Å². The molecule has 1 spiro atoms. The van der Waals surface area contributed by atoms with E-state index in [0.717, 1.165) is 19.4 Å². The summed E-state index contributed by atoms with van der Waals surface area (Å²) < 4.78 is 24.7. The Balaban J connectivity index is 1.52. The summed E-state index contributed by atoms with van der Waals surface area (Å²) in [6.45, 7) is 5.24. The van der Waals surface area contributed by atoms with Crippen LogP contribution in [0.3, 0.4) is 0 Å². The zero-order valence-electron chi connectivity index (χ0n) is 13.5. The predicted molar refractivity (Wildman–Crippen MR) is 83.4 cm³/mol. The third-order valence-electron chi connectivity index (χ3n) is 4.46. The fourth-order valence-corrected chi connectivity index (χ4v) is 3.41. The van der Waals surface area contributed by atoms with Crippen LogP contribution >= 0.6 is 0 Å². The van der Waals surface area contributed by atoms with Crippen LogP contribution in [-0.2, 0) is 4.74 Å². The molecule has 9 heteroatoms. The molecule has 2 fully saturated rings. The molecule has 128 valence electrons. The maximum atomic E-state index is 13.0. The first-order chi connectivity index (χ1) is 11.6. The van der Waals surface area contributed by atoms with Gasteiger partial charge in [0.2, 0.25) is 11.8 Å². The lowest BCUT2D eigenvalue weighted by Crippen LogP contribution is -2.60. The van der Waals surface area contributed by atoms with Crippen LogP contribution in [0.1, 0.15) is 18.7 Å². The Morgan fingerprint density at radius 2 is 1.92 bits per heavy atom. The Morgan fingerprint density at radius 3 is 2.67 bits per heavy atom. The highest BCUT2D eigenvalue weighted by atomic mass is 19.1. The maximum Gasteiger partial charge on any atom is 0.318 e. The third-order valence-corrected chi connectivity index (χ3v) is 4.46. The minimum absolute atomic E-state index is 0.337. The number of piperidine rings is 1. The monoisotopic (exact) mass is 334 g/mol. The minimum atomic E-state index is -0.433. The van der Waals surface area contributed by atoms with Gasteiger partial charge in [-0.05, 0) is 12.8 Å². The predicted octanol–water partition coefficient (Wildman–Crippen LogP) is 1.18. The van der Waals surface area contributed by atoms with Crippen molar-refractivity contribution >= 4 is 12.0 Å². The number of aryl methyl sites for hydroxylation is 1. The Kier molecular flexibility index (Phi) is 3.79. The van der Waals surface area contributed by atoms with Gasteiger partial charge in [-0.25, -0.2) is 14.4 Å². The molecular weight excluding hydrogens is 315 g/mol. The number of ether oxygens (including phenoxy) is 1. The molecule has 1 atom stereocenters. The van der Waals surface area contributed by atoms with E-state index in [1.165, 1.54) is 12.4 Å². The number of rotatable bonds is 2. The topological polar surface area (TPSA) is 80.4 Å². The van der Waals surface area contributed by atoms with E-state index < -0.39 is 5.82 Å². The third kappa shape index (κ3) is 2.91. The van der Waals surface area contributed by atoms with Gasteiger partial charge in [0.1, 0.15) is 5.60 Å². The van der Waals surface area contributed by atoms with E-state index in [1.54, 1.807) is 6.92 Å². The number of anilines is 2. The van der Waals surface area contributed by atoms with Crippen LogP contribution in [-0.4, -0.2) is 58.6 Å². The summed E-state index contributed by atoms with van der Waals surface area (Å²) in [5.74, 6) is 0.651. The molecule has 2 saturated heterocycles. The second kappa shape index (κ2) is 5.97. The number of hydrogen-bond acceptors (Lipinski definition) is 8. The van der Waals surface area contributed by atoms with E-state index in [0.29, 0.717) is 44.1 Å². The Hall–Kier alpha value is -2.29. The van der Waals surface area contributed by atoms with Crippen LogP contribution in [0.15, 0.2) is 16.8 Å². The van der Waals surface area contributed by atoms with Gasteiger partial charge in [-0.15, -0.1) is 5.10 Å². The van der Waals surface area contributed by atoms with Gasteiger partial charge in [0, 0.05) is 20.0 Å². The van der Waals surface area contributed by atoms with Crippen LogP contribution in [0.25, 0.3) is 0 Å². The molecule has 4 heterocycles. The summed E-state index contributed by atoms with van der Waals surface area (Å²) in [4.78, 5) is 12.3. The van der Waals surface area contributed by atoms with Crippen molar-refractivity contribution in [3.8, 4) is 0 Å². The van der Waals surface area contributed by atoms with Gasteiger partial charge in [0.15, 0.2) is 5.82 Å². The molecule has 0 bridgehead atoms. The van der Waals surface area contributed by atoms with Gasteiger partial charge in [-0.1, -0.05) is 5.10 Å². The molecule has 1 unspecified atom stereocenters. The van der Waals surface area contributed by atoms with Crippen molar-refractivity contribution < 1.29 is 13.5 Å². The molecule has 0 radical (unpaired) electrons. The lowest BCUT2D eigenvalue weighted by molar-refractivity contribution is -0.0639. The first-order valence-corrected chi connectivity index (χ1v) is 8.05. The molecule has 2 aromatic rings. The van der Waals surface area contributed by atoms with Crippen LogP contribution in [0.5, 0.6) is 0 Å².